The number of rotatable bonds is 0. The molecule has 0 aromatic rings. The molecular weight excluding hydrogens is 178 g/mol. The van der Waals surface area contributed by atoms with E-state index in [1.54, 1.807) is 0 Å². The first-order valence-electron chi connectivity index (χ1n) is 5.29. The predicted octanol–water partition coefficient (Wildman–Crippen LogP) is 0.624. The summed E-state index contributed by atoms with van der Waals surface area (Å²) in [7, 11) is 0. The summed E-state index contributed by atoms with van der Waals surface area (Å²) >= 11 is 0. The topological polar surface area (TPSA) is 28.1 Å². The molecule has 3 rings (SSSR count). The Morgan fingerprint density at radius 2 is 2.50 bits per heavy atom. The molecular formula is C10H15N3O. The van der Waals surface area contributed by atoms with Gasteiger partial charge in [0.1, 0.15) is 6.61 Å². The van der Waals surface area contributed by atoms with E-state index in [0.717, 1.165) is 25.5 Å². The first kappa shape index (κ1) is 8.29. The molecule has 4 nitrogen and oxygen atoms in total. The Kier molecular flexibility index (Phi) is 1.94. The standard InChI is InChI=1S/C10H15N3O/c1-2-4-13-9(3-1)7-12-5-6-14-8-10(12)11-13/h2,4,9H,1,3,5-8H2. The summed E-state index contributed by atoms with van der Waals surface area (Å²) in [5.41, 5.74) is 0. The van der Waals surface area contributed by atoms with Crippen LogP contribution in [0, 0.1) is 0 Å². The lowest BCUT2D eigenvalue weighted by Gasteiger charge is -2.42. The molecule has 4 heteroatoms. The Hall–Kier alpha value is -1.03. The van der Waals surface area contributed by atoms with Crippen molar-refractivity contribution in [3.63, 3.8) is 0 Å². The van der Waals surface area contributed by atoms with Gasteiger partial charge in [-0.2, -0.15) is 5.10 Å². The monoisotopic (exact) mass is 193 g/mol. The number of nitrogens with zero attached hydrogens (tertiary/aromatic N) is 3. The minimum atomic E-state index is 0.585. The van der Waals surface area contributed by atoms with Crippen LogP contribution in [0.4, 0.5) is 0 Å². The van der Waals surface area contributed by atoms with Gasteiger partial charge in [-0.05, 0) is 12.8 Å². The molecule has 3 aliphatic rings. The van der Waals surface area contributed by atoms with E-state index in [1.807, 2.05) is 0 Å². The van der Waals surface area contributed by atoms with Gasteiger partial charge in [-0.25, -0.2) is 0 Å². The number of morpholine rings is 1. The Labute approximate surface area is 83.8 Å². The fraction of sp³-hybridized carbons (Fsp3) is 0.700. The third-order valence-corrected chi connectivity index (χ3v) is 3.06. The first-order valence-corrected chi connectivity index (χ1v) is 5.29. The van der Waals surface area contributed by atoms with Crippen LogP contribution < -0.4 is 0 Å². The highest BCUT2D eigenvalue weighted by Crippen LogP contribution is 2.21. The highest BCUT2D eigenvalue weighted by Gasteiger charge is 2.29. The molecule has 0 radical (unpaired) electrons. The SMILES string of the molecule is C1=CN2N=C3COCCN3CC2CC1. The predicted molar refractivity (Wildman–Crippen MR) is 53.8 cm³/mol. The highest BCUT2D eigenvalue weighted by molar-refractivity contribution is 5.84. The van der Waals surface area contributed by atoms with Gasteiger partial charge in [-0.3, -0.25) is 5.01 Å². The van der Waals surface area contributed by atoms with Crippen molar-refractivity contribution in [1.29, 1.82) is 0 Å². The Morgan fingerprint density at radius 1 is 1.50 bits per heavy atom. The van der Waals surface area contributed by atoms with E-state index in [1.165, 1.54) is 12.8 Å². The van der Waals surface area contributed by atoms with E-state index in [-0.39, 0.29) is 0 Å². The number of allylic oxidation sites excluding steroid dienone is 1. The van der Waals surface area contributed by atoms with Gasteiger partial charge < -0.3 is 9.64 Å². The van der Waals surface area contributed by atoms with Crippen molar-refractivity contribution in [2.75, 3.05) is 26.3 Å². The molecule has 0 saturated carbocycles. The van der Waals surface area contributed by atoms with E-state index >= 15 is 0 Å². The van der Waals surface area contributed by atoms with Crippen LogP contribution >= 0.6 is 0 Å². The van der Waals surface area contributed by atoms with Gasteiger partial charge in [0.05, 0.1) is 12.6 Å². The second kappa shape index (κ2) is 3.28. The number of amidine groups is 1. The lowest BCUT2D eigenvalue weighted by molar-refractivity contribution is 0.0822. The van der Waals surface area contributed by atoms with Crippen molar-refractivity contribution in [2.45, 2.75) is 18.9 Å². The van der Waals surface area contributed by atoms with Crippen LogP contribution in [0.25, 0.3) is 0 Å². The molecule has 1 unspecified atom stereocenters. The molecule has 1 fully saturated rings. The van der Waals surface area contributed by atoms with Crippen molar-refractivity contribution in [1.82, 2.24) is 9.91 Å². The number of hydrogen-bond acceptors (Lipinski definition) is 4. The molecule has 0 amide bonds. The van der Waals surface area contributed by atoms with Crippen molar-refractivity contribution >= 4 is 5.84 Å². The minimum absolute atomic E-state index is 0.585. The third-order valence-electron chi connectivity index (χ3n) is 3.06. The summed E-state index contributed by atoms with van der Waals surface area (Å²) in [6.45, 7) is 3.65. The van der Waals surface area contributed by atoms with Crippen molar-refractivity contribution in [3.8, 4) is 0 Å². The van der Waals surface area contributed by atoms with E-state index < -0.39 is 0 Å². The lowest BCUT2D eigenvalue weighted by atomic mass is 10.1. The van der Waals surface area contributed by atoms with Gasteiger partial charge in [0, 0.05) is 19.3 Å². The van der Waals surface area contributed by atoms with Gasteiger partial charge >= 0.3 is 0 Å². The first-order chi connectivity index (χ1) is 6.93. The number of hydrogen-bond donors (Lipinski definition) is 0. The fourth-order valence-electron chi connectivity index (χ4n) is 2.25. The summed E-state index contributed by atoms with van der Waals surface area (Å²) in [4.78, 5) is 2.36. The maximum Gasteiger partial charge on any atom is 0.151 e. The van der Waals surface area contributed by atoms with Gasteiger partial charge in [-0.15, -0.1) is 0 Å². The Bertz CT molecular complexity index is 287. The van der Waals surface area contributed by atoms with E-state index in [0.29, 0.717) is 12.6 Å². The molecule has 76 valence electrons. The molecule has 1 saturated heterocycles. The summed E-state index contributed by atoms with van der Waals surface area (Å²) in [5.74, 6) is 1.10. The smallest absolute Gasteiger partial charge is 0.151 e. The van der Waals surface area contributed by atoms with E-state index in [4.69, 9.17) is 4.74 Å². The van der Waals surface area contributed by atoms with Gasteiger partial charge in [-0.1, -0.05) is 6.08 Å². The zero-order chi connectivity index (χ0) is 9.38. The molecule has 0 bridgehead atoms. The summed E-state index contributed by atoms with van der Waals surface area (Å²) in [6.07, 6.45) is 6.72. The van der Waals surface area contributed by atoms with E-state index in [2.05, 4.69) is 27.3 Å². The van der Waals surface area contributed by atoms with Crippen LogP contribution in [-0.2, 0) is 4.74 Å². The van der Waals surface area contributed by atoms with Crippen LogP contribution in [0.1, 0.15) is 12.8 Å². The second-order valence-corrected chi connectivity index (χ2v) is 4.01. The zero-order valence-corrected chi connectivity index (χ0v) is 8.22. The third kappa shape index (κ3) is 1.30. The van der Waals surface area contributed by atoms with Crippen LogP contribution in [-0.4, -0.2) is 48.1 Å². The molecule has 0 N–H and O–H groups in total. The molecule has 0 spiro atoms. The van der Waals surface area contributed by atoms with Crippen LogP contribution in [0.3, 0.4) is 0 Å². The average molecular weight is 193 g/mol. The Morgan fingerprint density at radius 3 is 3.50 bits per heavy atom. The van der Waals surface area contributed by atoms with Gasteiger partial charge in [0.2, 0.25) is 0 Å². The van der Waals surface area contributed by atoms with Gasteiger partial charge in [0.25, 0.3) is 0 Å². The fourth-order valence-corrected chi connectivity index (χ4v) is 2.25. The summed E-state index contributed by atoms with van der Waals surface area (Å²) < 4.78 is 5.40. The average Bonchev–Trinajstić information content (AvgIpc) is 2.26. The van der Waals surface area contributed by atoms with E-state index in [9.17, 15) is 0 Å². The zero-order valence-electron chi connectivity index (χ0n) is 8.22. The maximum atomic E-state index is 5.40. The number of fused-ring (bicyclic) bond motifs is 2. The highest BCUT2D eigenvalue weighted by atomic mass is 16.5. The van der Waals surface area contributed by atoms with Crippen molar-refractivity contribution < 1.29 is 4.74 Å². The lowest BCUT2D eigenvalue weighted by Crippen LogP contribution is -2.53. The van der Waals surface area contributed by atoms with Crippen LogP contribution in [0.15, 0.2) is 17.4 Å². The quantitative estimate of drug-likeness (QED) is 0.564. The Balaban J connectivity index is 1.86. The van der Waals surface area contributed by atoms with Crippen LogP contribution in [0.5, 0.6) is 0 Å². The second-order valence-electron chi connectivity index (χ2n) is 4.01. The molecule has 3 aliphatic heterocycles. The molecule has 3 heterocycles. The molecule has 1 atom stereocenters. The number of ether oxygens (including phenoxy) is 1. The molecule has 0 aromatic heterocycles. The van der Waals surface area contributed by atoms with Crippen LogP contribution in [0.2, 0.25) is 0 Å². The normalized spacial score (nSPS) is 30.9. The molecule has 14 heavy (non-hydrogen) atoms. The van der Waals surface area contributed by atoms with Crippen molar-refractivity contribution in [2.24, 2.45) is 5.10 Å². The van der Waals surface area contributed by atoms with Crippen molar-refractivity contribution in [3.05, 3.63) is 12.3 Å². The number of hydrazone groups is 1. The summed E-state index contributed by atoms with van der Waals surface area (Å²) in [6, 6.07) is 0.585. The largest absolute Gasteiger partial charge is 0.372 e. The molecule has 0 aromatic carbocycles. The molecule has 0 aliphatic carbocycles. The van der Waals surface area contributed by atoms with Gasteiger partial charge in [0.15, 0.2) is 5.84 Å². The maximum absolute atomic E-state index is 5.40. The minimum Gasteiger partial charge on any atom is -0.372 e. The summed E-state index contributed by atoms with van der Waals surface area (Å²) in [5, 5.41) is 6.69.